The first kappa shape index (κ1) is 15.8. The molecule has 0 radical (unpaired) electrons. The molecule has 1 aliphatic heterocycles. The van der Waals surface area contributed by atoms with Crippen LogP contribution in [0.15, 0.2) is 36.7 Å². The Balaban J connectivity index is 1.60. The smallest absolute Gasteiger partial charge is 0.223 e. The summed E-state index contributed by atoms with van der Waals surface area (Å²) in [6.07, 6.45) is 5.94. The van der Waals surface area contributed by atoms with E-state index in [0.29, 0.717) is 35.2 Å². The van der Waals surface area contributed by atoms with Crippen LogP contribution in [0.1, 0.15) is 17.8 Å². The molecule has 0 aliphatic carbocycles. The topological polar surface area (TPSA) is 94.5 Å². The molecule has 8 nitrogen and oxygen atoms in total. The van der Waals surface area contributed by atoms with Gasteiger partial charge in [-0.2, -0.15) is 4.52 Å². The molecule has 2 N–H and O–H groups in total. The third-order valence-corrected chi connectivity index (χ3v) is 4.99. The molecule has 0 spiro atoms. The highest BCUT2D eigenvalue weighted by molar-refractivity contribution is 5.95. The average molecular weight is 361 g/mol. The van der Waals surface area contributed by atoms with Gasteiger partial charge in [-0.1, -0.05) is 6.07 Å². The van der Waals surface area contributed by atoms with Crippen LogP contribution in [0.3, 0.4) is 0 Å². The van der Waals surface area contributed by atoms with Crippen molar-refractivity contribution < 1.29 is 4.74 Å². The molecule has 1 aromatic carbocycles. The Morgan fingerprint density at radius 2 is 2.15 bits per heavy atom. The van der Waals surface area contributed by atoms with E-state index in [2.05, 4.69) is 26.0 Å². The fourth-order valence-corrected chi connectivity index (χ4v) is 3.73. The summed E-state index contributed by atoms with van der Waals surface area (Å²) in [7, 11) is 1.62. The van der Waals surface area contributed by atoms with E-state index < -0.39 is 0 Å². The van der Waals surface area contributed by atoms with E-state index >= 15 is 0 Å². The summed E-state index contributed by atoms with van der Waals surface area (Å²) < 4.78 is 7.01. The van der Waals surface area contributed by atoms with Crippen LogP contribution in [0.2, 0.25) is 0 Å². The summed E-state index contributed by atoms with van der Waals surface area (Å²) in [5.41, 5.74) is 9.99. The second-order valence-corrected chi connectivity index (χ2v) is 6.62. The van der Waals surface area contributed by atoms with Gasteiger partial charge in [0.2, 0.25) is 5.95 Å². The first-order valence-electron chi connectivity index (χ1n) is 8.90. The number of hydrogen-bond acceptors (Lipinski definition) is 7. The molecule has 0 amide bonds. The Hall–Kier alpha value is -3.42. The lowest BCUT2D eigenvalue weighted by atomic mass is 10.0. The van der Waals surface area contributed by atoms with Crippen molar-refractivity contribution in [1.82, 2.24) is 24.6 Å². The van der Waals surface area contributed by atoms with Gasteiger partial charge in [-0.15, -0.1) is 5.10 Å². The highest BCUT2D eigenvalue weighted by Gasteiger charge is 2.20. The lowest BCUT2D eigenvalue weighted by Gasteiger charge is -2.29. The first-order valence-corrected chi connectivity index (χ1v) is 8.90. The van der Waals surface area contributed by atoms with E-state index in [-0.39, 0.29) is 0 Å². The zero-order valence-electron chi connectivity index (χ0n) is 15.0. The number of nitrogen functional groups attached to an aromatic ring is 1. The summed E-state index contributed by atoms with van der Waals surface area (Å²) in [4.78, 5) is 15.8. The number of aryl methyl sites for hydroxylation is 1. The number of aromatic nitrogens is 5. The minimum Gasteiger partial charge on any atom is -0.494 e. The van der Waals surface area contributed by atoms with Crippen LogP contribution in [-0.2, 0) is 13.0 Å². The molecule has 0 unspecified atom stereocenters. The van der Waals surface area contributed by atoms with E-state index in [4.69, 9.17) is 15.5 Å². The maximum atomic E-state index is 6.14. The summed E-state index contributed by atoms with van der Waals surface area (Å²) in [5.74, 6) is 1.67. The molecule has 4 aromatic rings. The van der Waals surface area contributed by atoms with Gasteiger partial charge in [-0.05, 0) is 36.6 Å². The molecule has 5 rings (SSSR count). The lowest BCUT2D eigenvalue weighted by molar-refractivity contribution is 0.419. The zero-order chi connectivity index (χ0) is 18.4. The van der Waals surface area contributed by atoms with Gasteiger partial charge in [-0.3, -0.25) is 4.98 Å². The summed E-state index contributed by atoms with van der Waals surface area (Å²) in [6.45, 7) is 1.56. The number of para-hydroxylation sites is 1. The van der Waals surface area contributed by atoms with Crippen LogP contribution in [0.5, 0.6) is 5.75 Å². The van der Waals surface area contributed by atoms with Gasteiger partial charge in [0.15, 0.2) is 11.5 Å². The monoisotopic (exact) mass is 361 g/mol. The molecule has 4 heterocycles. The van der Waals surface area contributed by atoms with Crippen LogP contribution in [0, 0.1) is 0 Å². The average Bonchev–Trinajstić information content (AvgIpc) is 3.13. The highest BCUT2D eigenvalue weighted by Crippen LogP contribution is 2.29. The first-order chi connectivity index (χ1) is 13.2. The predicted octanol–water partition coefficient (Wildman–Crippen LogP) is 2.22. The number of nitrogens with two attached hydrogens (primary N) is 1. The van der Waals surface area contributed by atoms with E-state index in [1.807, 2.05) is 30.6 Å². The third-order valence-electron chi connectivity index (χ3n) is 4.99. The van der Waals surface area contributed by atoms with Gasteiger partial charge in [0.05, 0.1) is 25.5 Å². The van der Waals surface area contributed by atoms with Crippen molar-refractivity contribution in [2.75, 3.05) is 24.3 Å². The molecule has 0 atom stereocenters. The largest absolute Gasteiger partial charge is 0.494 e. The second kappa shape index (κ2) is 6.08. The minimum atomic E-state index is 0.293. The van der Waals surface area contributed by atoms with Crippen LogP contribution in [-0.4, -0.2) is 38.2 Å². The van der Waals surface area contributed by atoms with Crippen molar-refractivity contribution >= 4 is 28.2 Å². The second-order valence-electron chi connectivity index (χ2n) is 6.62. The molecular weight excluding hydrogens is 342 g/mol. The maximum absolute atomic E-state index is 6.14. The van der Waals surface area contributed by atoms with Gasteiger partial charge in [0.25, 0.3) is 0 Å². The van der Waals surface area contributed by atoms with Crippen molar-refractivity contribution in [1.29, 1.82) is 0 Å². The predicted molar refractivity (Wildman–Crippen MR) is 103 cm³/mol. The Bertz CT molecular complexity index is 1150. The van der Waals surface area contributed by atoms with Gasteiger partial charge >= 0.3 is 0 Å². The number of rotatable bonds is 3. The maximum Gasteiger partial charge on any atom is 0.223 e. The quantitative estimate of drug-likeness (QED) is 0.598. The zero-order valence-corrected chi connectivity index (χ0v) is 15.0. The Labute approximate surface area is 155 Å². The fourth-order valence-electron chi connectivity index (χ4n) is 3.73. The van der Waals surface area contributed by atoms with Crippen LogP contribution < -0.4 is 15.4 Å². The Morgan fingerprint density at radius 3 is 3.04 bits per heavy atom. The van der Waals surface area contributed by atoms with Gasteiger partial charge in [-0.25, -0.2) is 9.97 Å². The van der Waals surface area contributed by atoms with Crippen molar-refractivity contribution in [3.8, 4) is 5.75 Å². The molecule has 0 saturated carbocycles. The molecule has 8 heteroatoms. The minimum absolute atomic E-state index is 0.293. The standard InChI is InChI=1S/C19H19N7O/c1-27-15-6-2-5-13-17(15)23-19(20)26-18(13)22-16(24-26)11-25-9-3-4-12-7-8-21-10-14(12)25/h2,5-8,10H,3-4,9,11H2,1H3,(H2,20,23). The van der Waals surface area contributed by atoms with Crippen molar-refractivity contribution in [3.05, 3.63) is 48.0 Å². The van der Waals surface area contributed by atoms with E-state index in [1.54, 1.807) is 11.6 Å². The SMILES string of the molecule is COc1cccc2c1nc(N)n1nc(CN3CCCc4ccncc43)nc21. The molecule has 0 saturated heterocycles. The molecule has 136 valence electrons. The van der Waals surface area contributed by atoms with Crippen molar-refractivity contribution in [2.45, 2.75) is 19.4 Å². The van der Waals surface area contributed by atoms with Crippen molar-refractivity contribution in [2.24, 2.45) is 0 Å². The van der Waals surface area contributed by atoms with Crippen LogP contribution in [0.4, 0.5) is 11.6 Å². The number of anilines is 2. The number of fused-ring (bicyclic) bond motifs is 4. The number of benzene rings is 1. The third kappa shape index (κ3) is 2.52. The van der Waals surface area contributed by atoms with E-state index in [0.717, 1.165) is 30.5 Å². The lowest BCUT2D eigenvalue weighted by Crippen LogP contribution is -2.29. The number of pyridine rings is 1. The number of hydrogen-bond donors (Lipinski definition) is 1. The van der Waals surface area contributed by atoms with Crippen LogP contribution in [0.25, 0.3) is 16.6 Å². The molecule has 0 bridgehead atoms. The molecule has 3 aromatic heterocycles. The highest BCUT2D eigenvalue weighted by atomic mass is 16.5. The number of methoxy groups -OCH3 is 1. The van der Waals surface area contributed by atoms with E-state index in [9.17, 15) is 0 Å². The van der Waals surface area contributed by atoms with Gasteiger partial charge in [0.1, 0.15) is 11.3 Å². The van der Waals surface area contributed by atoms with Gasteiger partial charge < -0.3 is 15.4 Å². The Kier molecular flexibility index (Phi) is 3.56. The summed E-state index contributed by atoms with van der Waals surface area (Å²) in [5, 5.41) is 5.46. The molecule has 0 fully saturated rings. The van der Waals surface area contributed by atoms with E-state index in [1.165, 1.54) is 5.56 Å². The number of nitrogens with zero attached hydrogens (tertiary/aromatic N) is 6. The summed E-state index contributed by atoms with van der Waals surface area (Å²) >= 11 is 0. The normalized spacial score (nSPS) is 13.9. The summed E-state index contributed by atoms with van der Waals surface area (Å²) in [6, 6.07) is 7.82. The molecule has 1 aliphatic rings. The number of ether oxygens (including phenoxy) is 1. The van der Waals surface area contributed by atoms with Crippen LogP contribution >= 0.6 is 0 Å². The molecular formula is C19H19N7O. The van der Waals surface area contributed by atoms with Crippen molar-refractivity contribution in [3.63, 3.8) is 0 Å². The molecule has 27 heavy (non-hydrogen) atoms. The van der Waals surface area contributed by atoms with Gasteiger partial charge in [0, 0.05) is 18.1 Å². The Morgan fingerprint density at radius 1 is 1.22 bits per heavy atom. The fraction of sp³-hybridized carbons (Fsp3) is 0.263.